The molecule has 0 saturated carbocycles. The van der Waals surface area contributed by atoms with Gasteiger partial charge in [-0.3, -0.25) is 0 Å². The van der Waals surface area contributed by atoms with Crippen molar-refractivity contribution in [3.63, 3.8) is 0 Å². The molecule has 102 valence electrons. The van der Waals surface area contributed by atoms with Crippen molar-refractivity contribution in [1.82, 2.24) is 5.32 Å². The third-order valence-electron chi connectivity index (χ3n) is 3.06. The molecule has 0 spiro atoms. The summed E-state index contributed by atoms with van der Waals surface area (Å²) >= 11 is 0. The van der Waals surface area contributed by atoms with Crippen LogP contribution in [0.5, 0.6) is 5.75 Å². The van der Waals surface area contributed by atoms with Crippen LogP contribution in [-0.4, -0.2) is 33.4 Å². The van der Waals surface area contributed by atoms with Crippen molar-refractivity contribution in [3.8, 4) is 5.75 Å². The second-order valence-electron chi connectivity index (χ2n) is 4.57. The molecule has 0 saturated heterocycles. The number of hydrogen-bond donors (Lipinski definition) is 1. The van der Waals surface area contributed by atoms with E-state index >= 15 is 0 Å². The van der Waals surface area contributed by atoms with Crippen molar-refractivity contribution in [2.45, 2.75) is 32.2 Å². The van der Waals surface area contributed by atoms with Crippen LogP contribution in [0.2, 0.25) is 0 Å². The molecule has 1 rings (SSSR count). The monoisotopic (exact) mass is 251 g/mol. The van der Waals surface area contributed by atoms with Gasteiger partial charge >= 0.3 is 0 Å². The lowest BCUT2D eigenvalue weighted by molar-refractivity contribution is 0.202. The fourth-order valence-electron chi connectivity index (χ4n) is 1.70. The van der Waals surface area contributed by atoms with E-state index in [1.807, 2.05) is 19.2 Å². The molecule has 0 aliphatic carbocycles. The molecule has 1 aromatic carbocycles. The molecular weight excluding hydrogens is 226 g/mol. The zero-order valence-corrected chi connectivity index (χ0v) is 11.7. The van der Waals surface area contributed by atoms with Crippen LogP contribution in [0.1, 0.15) is 25.3 Å². The minimum atomic E-state index is 0.560. The summed E-state index contributed by atoms with van der Waals surface area (Å²) in [6, 6.07) is 8.83. The quantitative estimate of drug-likeness (QED) is 0.684. The van der Waals surface area contributed by atoms with Crippen molar-refractivity contribution >= 4 is 0 Å². The van der Waals surface area contributed by atoms with E-state index in [1.165, 1.54) is 5.56 Å². The minimum Gasteiger partial charge on any atom is -0.494 e. The molecule has 1 aromatic rings. The van der Waals surface area contributed by atoms with Crippen molar-refractivity contribution in [2.24, 2.45) is 0 Å². The van der Waals surface area contributed by atoms with Crippen LogP contribution in [0.3, 0.4) is 0 Å². The summed E-state index contributed by atoms with van der Waals surface area (Å²) in [5.74, 6) is 0.952. The second-order valence-corrected chi connectivity index (χ2v) is 4.57. The van der Waals surface area contributed by atoms with Crippen molar-refractivity contribution in [3.05, 3.63) is 29.8 Å². The van der Waals surface area contributed by atoms with E-state index in [4.69, 9.17) is 9.47 Å². The van der Waals surface area contributed by atoms with Crippen LogP contribution in [0.4, 0.5) is 0 Å². The standard InChI is InChI=1S/C15H25NO2/c1-13(16-2)5-4-11-18-15-8-6-14(7-9-15)10-12-17-3/h6-9,13,16H,4-5,10-12H2,1-3H3. The van der Waals surface area contributed by atoms with Crippen molar-refractivity contribution < 1.29 is 9.47 Å². The SMILES string of the molecule is CNC(C)CCCOc1ccc(CCOC)cc1. The molecular formula is C15H25NO2. The Balaban J connectivity index is 2.22. The zero-order valence-electron chi connectivity index (χ0n) is 11.7. The van der Waals surface area contributed by atoms with Gasteiger partial charge in [0.1, 0.15) is 5.75 Å². The first-order valence-electron chi connectivity index (χ1n) is 6.64. The molecule has 0 aliphatic heterocycles. The van der Waals surface area contributed by atoms with E-state index in [9.17, 15) is 0 Å². The second kappa shape index (κ2) is 8.95. The predicted octanol–water partition coefficient (Wildman–Crippen LogP) is 2.64. The van der Waals surface area contributed by atoms with Gasteiger partial charge in [-0.05, 0) is 50.9 Å². The fraction of sp³-hybridized carbons (Fsp3) is 0.600. The molecule has 0 bridgehead atoms. The summed E-state index contributed by atoms with van der Waals surface area (Å²) in [4.78, 5) is 0. The molecule has 0 aromatic heterocycles. The minimum absolute atomic E-state index is 0.560. The number of benzene rings is 1. The van der Waals surface area contributed by atoms with Gasteiger partial charge in [0.05, 0.1) is 13.2 Å². The highest BCUT2D eigenvalue weighted by atomic mass is 16.5. The third kappa shape index (κ3) is 6.03. The molecule has 3 heteroatoms. The molecule has 0 radical (unpaired) electrons. The summed E-state index contributed by atoms with van der Waals surface area (Å²) in [5.41, 5.74) is 1.29. The van der Waals surface area contributed by atoms with Gasteiger partial charge in [0, 0.05) is 13.2 Å². The van der Waals surface area contributed by atoms with Crippen LogP contribution in [-0.2, 0) is 11.2 Å². The van der Waals surface area contributed by atoms with Crippen LogP contribution < -0.4 is 10.1 Å². The largest absolute Gasteiger partial charge is 0.494 e. The summed E-state index contributed by atoms with van der Waals surface area (Å²) in [6.45, 7) is 3.73. The topological polar surface area (TPSA) is 30.5 Å². The number of ether oxygens (including phenoxy) is 2. The van der Waals surface area contributed by atoms with E-state index in [0.717, 1.165) is 38.2 Å². The van der Waals surface area contributed by atoms with E-state index in [2.05, 4.69) is 24.4 Å². The lowest BCUT2D eigenvalue weighted by Crippen LogP contribution is -2.21. The average Bonchev–Trinajstić information content (AvgIpc) is 2.42. The van der Waals surface area contributed by atoms with Crippen LogP contribution in [0, 0.1) is 0 Å². The number of hydrogen-bond acceptors (Lipinski definition) is 3. The number of rotatable bonds is 9. The maximum absolute atomic E-state index is 5.70. The van der Waals surface area contributed by atoms with Gasteiger partial charge in [0.2, 0.25) is 0 Å². The van der Waals surface area contributed by atoms with E-state index in [0.29, 0.717) is 6.04 Å². The number of methoxy groups -OCH3 is 1. The fourth-order valence-corrected chi connectivity index (χ4v) is 1.70. The summed E-state index contributed by atoms with van der Waals surface area (Å²) in [6.07, 6.45) is 3.17. The Bertz CT molecular complexity index is 311. The molecule has 1 atom stereocenters. The summed E-state index contributed by atoms with van der Waals surface area (Å²) < 4.78 is 10.8. The van der Waals surface area contributed by atoms with Gasteiger partial charge in [-0.15, -0.1) is 0 Å². The van der Waals surface area contributed by atoms with Gasteiger partial charge in [-0.25, -0.2) is 0 Å². The first kappa shape index (κ1) is 15.0. The number of nitrogens with one attached hydrogen (secondary N) is 1. The molecule has 1 N–H and O–H groups in total. The highest BCUT2D eigenvalue weighted by molar-refractivity contribution is 5.27. The van der Waals surface area contributed by atoms with E-state index in [-0.39, 0.29) is 0 Å². The van der Waals surface area contributed by atoms with Crippen molar-refractivity contribution in [2.75, 3.05) is 27.4 Å². The summed E-state index contributed by atoms with van der Waals surface area (Å²) in [7, 11) is 3.72. The molecule has 0 heterocycles. The van der Waals surface area contributed by atoms with Gasteiger partial charge in [-0.1, -0.05) is 12.1 Å². The van der Waals surface area contributed by atoms with E-state index in [1.54, 1.807) is 7.11 Å². The molecule has 18 heavy (non-hydrogen) atoms. The first-order valence-corrected chi connectivity index (χ1v) is 6.64. The van der Waals surface area contributed by atoms with Gasteiger partial charge in [-0.2, -0.15) is 0 Å². The Hall–Kier alpha value is -1.06. The lowest BCUT2D eigenvalue weighted by atomic mass is 10.1. The average molecular weight is 251 g/mol. The molecule has 0 amide bonds. The molecule has 3 nitrogen and oxygen atoms in total. The summed E-state index contributed by atoms with van der Waals surface area (Å²) in [5, 5.41) is 3.22. The Morgan fingerprint density at radius 2 is 1.89 bits per heavy atom. The van der Waals surface area contributed by atoms with Gasteiger partial charge in [0.15, 0.2) is 0 Å². The molecule has 0 aliphatic rings. The Morgan fingerprint density at radius 3 is 2.50 bits per heavy atom. The predicted molar refractivity (Wildman–Crippen MR) is 75.3 cm³/mol. The maximum atomic E-state index is 5.70. The van der Waals surface area contributed by atoms with Gasteiger partial charge < -0.3 is 14.8 Å². The third-order valence-corrected chi connectivity index (χ3v) is 3.06. The van der Waals surface area contributed by atoms with Crippen LogP contribution in [0.25, 0.3) is 0 Å². The normalized spacial score (nSPS) is 12.4. The van der Waals surface area contributed by atoms with Gasteiger partial charge in [0.25, 0.3) is 0 Å². The van der Waals surface area contributed by atoms with Crippen LogP contribution >= 0.6 is 0 Å². The first-order chi connectivity index (χ1) is 8.76. The van der Waals surface area contributed by atoms with Crippen LogP contribution in [0.15, 0.2) is 24.3 Å². The zero-order chi connectivity index (χ0) is 13.2. The Kier molecular flexibility index (Phi) is 7.46. The smallest absolute Gasteiger partial charge is 0.119 e. The van der Waals surface area contributed by atoms with Crippen molar-refractivity contribution in [1.29, 1.82) is 0 Å². The molecule has 1 unspecified atom stereocenters. The highest BCUT2D eigenvalue weighted by Gasteiger charge is 1.99. The molecule has 0 fully saturated rings. The van der Waals surface area contributed by atoms with E-state index < -0.39 is 0 Å². The maximum Gasteiger partial charge on any atom is 0.119 e. The highest BCUT2D eigenvalue weighted by Crippen LogP contribution is 2.13. The Labute approximate surface area is 110 Å². The lowest BCUT2D eigenvalue weighted by Gasteiger charge is -2.10. The Morgan fingerprint density at radius 1 is 1.17 bits per heavy atom.